The minimum atomic E-state index is 0.539. The molecule has 0 spiro atoms. The summed E-state index contributed by atoms with van der Waals surface area (Å²) in [5.74, 6) is 0. The third kappa shape index (κ3) is 0.901. The molecule has 0 aromatic carbocycles. The molecule has 0 bridgehead atoms. The van der Waals surface area contributed by atoms with Gasteiger partial charge in [0, 0.05) is 11.8 Å². The Bertz CT molecular complexity index is 528. The van der Waals surface area contributed by atoms with Gasteiger partial charge in [-0.2, -0.15) is 10.5 Å². The van der Waals surface area contributed by atoms with Crippen LogP contribution in [0.4, 0.5) is 0 Å². The largest absolute Gasteiger partial charge is 0.307 e. The second-order valence-electron chi connectivity index (χ2n) is 3.03. The molecule has 2 aromatic rings. The molecule has 2 aromatic heterocycles. The van der Waals surface area contributed by atoms with Crippen molar-refractivity contribution in [3.63, 3.8) is 0 Å². The SMILES string of the molecule is Cc1c(C#N)c2ccccn2c1C#N. The van der Waals surface area contributed by atoms with Crippen LogP contribution in [0.5, 0.6) is 0 Å². The fourth-order valence-corrected chi connectivity index (χ4v) is 1.61. The van der Waals surface area contributed by atoms with Gasteiger partial charge in [-0.25, -0.2) is 0 Å². The summed E-state index contributed by atoms with van der Waals surface area (Å²) >= 11 is 0. The molecule has 0 N–H and O–H groups in total. The summed E-state index contributed by atoms with van der Waals surface area (Å²) in [6.07, 6.45) is 1.79. The first-order valence-corrected chi connectivity index (χ1v) is 4.19. The molecule has 2 rings (SSSR count). The zero-order valence-corrected chi connectivity index (χ0v) is 7.65. The van der Waals surface area contributed by atoms with E-state index in [0.29, 0.717) is 11.3 Å². The van der Waals surface area contributed by atoms with Crippen LogP contribution in [-0.4, -0.2) is 4.40 Å². The quantitative estimate of drug-likeness (QED) is 0.624. The maximum atomic E-state index is 8.95. The molecule has 0 fully saturated rings. The van der Waals surface area contributed by atoms with E-state index in [2.05, 4.69) is 12.1 Å². The van der Waals surface area contributed by atoms with E-state index in [1.807, 2.05) is 18.2 Å². The Hall–Kier alpha value is -2.26. The van der Waals surface area contributed by atoms with Crippen molar-refractivity contribution in [2.75, 3.05) is 0 Å². The molecule has 0 aliphatic heterocycles. The summed E-state index contributed by atoms with van der Waals surface area (Å²) in [5.41, 5.74) is 2.67. The molecular weight excluding hydrogens is 174 g/mol. The summed E-state index contributed by atoms with van der Waals surface area (Å²) in [6, 6.07) is 9.77. The van der Waals surface area contributed by atoms with Crippen LogP contribution in [0.3, 0.4) is 0 Å². The van der Waals surface area contributed by atoms with Gasteiger partial charge in [-0.1, -0.05) is 6.07 Å². The summed E-state index contributed by atoms with van der Waals surface area (Å²) in [6.45, 7) is 1.80. The van der Waals surface area contributed by atoms with Crippen LogP contribution >= 0.6 is 0 Å². The van der Waals surface area contributed by atoms with Gasteiger partial charge in [0.2, 0.25) is 0 Å². The Morgan fingerprint density at radius 1 is 1.21 bits per heavy atom. The Morgan fingerprint density at radius 2 is 2.00 bits per heavy atom. The van der Waals surface area contributed by atoms with E-state index in [1.165, 1.54) is 0 Å². The molecule has 2 heterocycles. The molecule has 14 heavy (non-hydrogen) atoms. The Labute approximate surface area is 81.4 Å². The number of nitrogens with zero attached hydrogens (tertiary/aromatic N) is 3. The molecule has 66 valence electrons. The lowest BCUT2D eigenvalue weighted by Crippen LogP contribution is -1.86. The van der Waals surface area contributed by atoms with Crippen LogP contribution in [0.15, 0.2) is 24.4 Å². The van der Waals surface area contributed by atoms with Gasteiger partial charge >= 0.3 is 0 Å². The Kier molecular flexibility index (Phi) is 1.73. The second kappa shape index (κ2) is 2.90. The van der Waals surface area contributed by atoms with Crippen molar-refractivity contribution < 1.29 is 0 Å². The summed E-state index contributed by atoms with van der Waals surface area (Å²) in [7, 11) is 0. The fraction of sp³-hybridized carbons (Fsp3) is 0.0909. The summed E-state index contributed by atoms with van der Waals surface area (Å²) in [4.78, 5) is 0. The number of hydrogen-bond donors (Lipinski definition) is 0. The van der Waals surface area contributed by atoms with E-state index >= 15 is 0 Å². The van der Waals surface area contributed by atoms with E-state index in [4.69, 9.17) is 10.5 Å². The zero-order chi connectivity index (χ0) is 10.1. The van der Waals surface area contributed by atoms with Gasteiger partial charge in [0.15, 0.2) is 0 Å². The van der Waals surface area contributed by atoms with Crippen molar-refractivity contribution in [3.05, 3.63) is 41.2 Å². The van der Waals surface area contributed by atoms with Gasteiger partial charge < -0.3 is 4.40 Å². The lowest BCUT2D eigenvalue weighted by molar-refractivity contribution is 1.14. The number of fused-ring (bicyclic) bond motifs is 1. The molecule has 0 aliphatic rings. The molecule has 0 saturated carbocycles. The van der Waals surface area contributed by atoms with Crippen LogP contribution in [-0.2, 0) is 0 Å². The van der Waals surface area contributed by atoms with E-state index in [9.17, 15) is 0 Å². The van der Waals surface area contributed by atoms with Gasteiger partial charge in [0.25, 0.3) is 0 Å². The maximum absolute atomic E-state index is 8.95. The van der Waals surface area contributed by atoms with Crippen molar-refractivity contribution in [1.29, 1.82) is 10.5 Å². The third-order valence-corrected chi connectivity index (χ3v) is 2.30. The predicted molar refractivity (Wildman–Crippen MR) is 51.6 cm³/mol. The van der Waals surface area contributed by atoms with Crippen LogP contribution in [0, 0.1) is 29.6 Å². The first kappa shape index (κ1) is 8.34. The van der Waals surface area contributed by atoms with Gasteiger partial charge in [-0.05, 0) is 19.1 Å². The molecule has 3 heteroatoms. The normalized spacial score (nSPS) is 9.64. The number of aromatic nitrogens is 1. The first-order chi connectivity index (χ1) is 6.79. The molecule has 0 saturated heterocycles. The maximum Gasteiger partial charge on any atom is 0.129 e. The summed E-state index contributed by atoms with van der Waals surface area (Å²) < 4.78 is 1.74. The topological polar surface area (TPSA) is 52.0 Å². The van der Waals surface area contributed by atoms with E-state index in [-0.39, 0.29) is 0 Å². The predicted octanol–water partition coefficient (Wildman–Crippen LogP) is 1.99. The van der Waals surface area contributed by atoms with Crippen molar-refractivity contribution >= 4 is 5.52 Å². The lowest BCUT2D eigenvalue weighted by atomic mass is 10.1. The van der Waals surface area contributed by atoms with Crippen LogP contribution in [0.2, 0.25) is 0 Å². The average Bonchev–Trinajstić information content (AvgIpc) is 2.49. The molecule has 0 atom stereocenters. The van der Waals surface area contributed by atoms with Crippen LogP contribution < -0.4 is 0 Å². The molecule has 0 radical (unpaired) electrons. The van der Waals surface area contributed by atoms with E-state index in [0.717, 1.165) is 11.1 Å². The zero-order valence-electron chi connectivity index (χ0n) is 7.65. The van der Waals surface area contributed by atoms with Gasteiger partial charge in [0.1, 0.15) is 17.8 Å². The molecule has 0 aliphatic carbocycles. The average molecular weight is 181 g/mol. The third-order valence-electron chi connectivity index (χ3n) is 2.30. The number of hydrogen-bond acceptors (Lipinski definition) is 2. The first-order valence-electron chi connectivity index (χ1n) is 4.19. The molecular formula is C11H7N3. The number of rotatable bonds is 0. The van der Waals surface area contributed by atoms with Crippen molar-refractivity contribution in [2.45, 2.75) is 6.92 Å². The standard InChI is InChI=1S/C11H7N3/c1-8-9(6-12)10-4-2-3-5-14(10)11(8)7-13/h2-5H,1H3. The van der Waals surface area contributed by atoms with Gasteiger partial charge in [-0.3, -0.25) is 0 Å². The second-order valence-corrected chi connectivity index (χ2v) is 3.03. The highest BCUT2D eigenvalue weighted by Gasteiger charge is 2.12. The number of pyridine rings is 1. The summed E-state index contributed by atoms with van der Waals surface area (Å²) in [5, 5.41) is 17.9. The minimum Gasteiger partial charge on any atom is -0.307 e. The van der Waals surface area contributed by atoms with Crippen molar-refractivity contribution in [3.8, 4) is 12.1 Å². The molecule has 0 amide bonds. The van der Waals surface area contributed by atoms with Gasteiger partial charge in [0.05, 0.1) is 11.1 Å². The highest BCUT2D eigenvalue weighted by atomic mass is 14.9. The van der Waals surface area contributed by atoms with Crippen LogP contribution in [0.1, 0.15) is 16.8 Å². The Morgan fingerprint density at radius 3 is 2.64 bits per heavy atom. The lowest BCUT2D eigenvalue weighted by Gasteiger charge is -1.93. The van der Waals surface area contributed by atoms with Crippen molar-refractivity contribution in [2.24, 2.45) is 0 Å². The van der Waals surface area contributed by atoms with Crippen molar-refractivity contribution in [1.82, 2.24) is 4.40 Å². The Balaban J connectivity index is 3.03. The van der Waals surface area contributed by atoms with E-state index < -0.39 is 0 Å². The van der Waals surface area contributed by atoms with E-state index in [1.54, 1.807) is 17.5 Å². The minimum absolute atomic E-state index is 0.539. The van der Waals surface area contributed by atoms with Crippen LogP contribution in [0.25, 0.3) is 5.52 Å². The highest BCUT2D eigenvalue weighted by Crippen LogP contribution is 2.21. The fourth-order valence-electron chi connectivity index (χ4n) is 1.61. The number of nitriles is 2. The monoisotopic (exact) mass is 181 g/mol. The highest BCUT2D eigenvalue weighted by molar-refractivity contribution is 5.68. The van der Waals surface area contributed by atoms with Gasteiger partial charge in [-0.15, -0.1) is 0 Å². The smallest absolute Gasteiger partial charge is 0.129 e. The molecule has 0 unspecified atom stereocenters. The molecule has 3 nitrogen and oxygen atoms in total.